The summed E-state index contributed by atoms with van der Waals surface area (Å²) in [4.78, 5) is 9.78. The molecule has 2 heterocycles. The molecule has 11 heteroatoms. The smallest absolute Gasteiger partial charge is 0.243 e. The number of hydrogen-bond donors (Lipinski definition) is 2. The van der Waals surface area contributed by atoms with E-state index in [-0.39, 0.29) is 13.1 Å². The van der Waals surface area contributed by atoms with Crippen LogP contribution in [0.2, 0.25) is 0 Å². The molecule has 0 amide bonds. The molecule has 0 atom stereocenters. The monoisotopic (exact) mass is 399 g/mol. The van der Waals surface area contributed by atoms with Gasteiger partial charge in [-0.1, -0.05) is 0 Å². The molecule has 1 aromatic heterocycles. The zero-order valence-corrected chi connectivity index (χ0v) is 15.2. The number of ether oxygens (including phenoxy) is 1. The minimum absolute atomic E-state index is 0.00393. The van der Waals surface area contributed by atoms with Crippen molar-refractivity contribution in [1.29, 1.82) is 0 Å². The van der Waals surface area contributed by atoms with Crippen molar-refractivity contribution in [2.75, 3.05) is 49.6 Å². The lowest BCUT2D eigenvalue weighted by Crippen LogP contribution is -2.36. The summed E-state index contributed by atoms with van der Waals surface area (Å²) >= 11 is 0. The zero-order chi connectivity index (χ0) is 19.3. The SMILES string of the molecule is O=S(=O)(NCCNc1cc(N2CCOCC2)ncn1)c1ccc(F)cc1F. The fourth-order valence-corrected chi connectivity index (χ4v) is 3.65. The Morgan fingerprint density at radius 1 is 1.11 bits per heavy atom. The Hall–Kier alpha value is -2.37. The predicted octanol–water partition coefficient (Wildman–Crippen LogP) is 0.982. The van der Waals surface area contributed by atoms with Crippen molar-refractivity contribution in [2.45, 2.75) is 4.90 Å². The first kappa shape index (κ1) is 19.4. The van der Waals surface area contributed by atoms with Crippen LogP contribution in [0.5, 0.6) is 0 Å². The van der Waals surface area contributed by atoms with Gasteiger partial charge in [-0.25, -0.2) is 31.9 Å². The van der Waals surface area contributed by atoms with Gasteiger partial charge >= 0.3 is 0 Å². The summed E-state index contributed by atoms with van der Waals surface area (Å²) in [5.74, 6) is -0.683. The van der Waals surface area contributed by atoms with Gasteiger partial charge in [0, 0.05) is 38.3 Å². The Labute approximate surface area is 155 Å². The van der Waals surface area contributed by atoms with Crippen LogP contribution in [0.15, 0.2) is 35.5 Å². The van der Waals surface area contributed by atoms with E-state index in [0.29, 0.717) is 25.1 Å². The molecule has 0 radical (unpaired) electrons. The molecule has 1 fully saturated rings. The van der Waals surface area contributed by atoms with E-state index in [2.05, 4.69) is 24.9 Å². The highest BCUT2D eigenvalue weighted by Crippen LogP contribution is 2.16. The molecule has 1 aliphatic heterocycles. The van der Waals surface area contributed by atoms with Crippen LogP contribution >= 0.6 is 0 Å². The molecule has 0 saturated carbocycles. The maximum absolute atomic E-state index is 13.6. The number of sulfonamides is 1. The molecule has 1 aromatic carbocycles. The van der Waals surface area contributed by atoms with Crippen LogP contribution in [0.1, 0.15) is 0 Å². The number of hydrogen-bond acceptors (Lipinski definition) is 7. The second kappa shape index (κ2) is 8.55. The van der Waals surface area contributed by atoms with E-state index < -0.39 is 26.6 Å². The van der Waals surface area contributed by atoms with Crippen LogP contribution in [-0.2, 0) is 14.8 Å². The van der Waals surface area contributed by atoms with Crippen molar-refractivity contribution in [3.05, 3.63) is 42.2 Å². The van der Waals surface area contributed by atoms with E-state index in [1.54, 1.807) is 6.07 Å². The lowest BCUT2D eigenvalue weighted by Gasteiger charge is -2.27. The van der Waals surface area contributed by atoms with Gasteiger partial charge in [0.1, 0.15) is 34.5 Å². The third-order valence-electron chi connectivity index (χ3n) is 3.89. The summed E-state index contributed by atoms with van der Waals surface area (Å²) in [7, 11) is -4.07. The van der Waals surface area contributed by atoms with Crippen molar-refractivity contribution >= 4 is 21.7 Å². The fraction of sp³-hybridized carbons (Fsp3) is 0.375. The molecule has 8 nitrogen and oxygen atoms in total. The molecule has 2 aromatic rings. The van der Waals surface area contributed by atoms with Crippen LogP contribution in [0.4, 0.5) is 20.4 Å². The largest absolute Gasteiger partial charge is 0.378 e. The molecule has 1 aliphatic rings. The number of rotatable bonds is 7. The molecule has 0 aliphatic carbocycles. The van der Waals surface area contributed by atoms with E-state index in [1.165, 1.54) is 6.33 Å². The van der Waals surface area contributed by atoms with Gasteiger partial charge in [-0.15, -0.1) is 0 Å². The van der Waals surface area contributed by atoms with E-state index in [0.717, 1.165) is 31.0 Å². The number of anilines is 2. The van der Waals surface area contributed by atoms with Crippen molar-refractivity contribution in [2.24, 2.45) is 0 Å². The van der Waals surface area contributed by atoms with Gasteiger partial charge in [-0.3, -0.25) is 0 Å². The number of morpholine rings is 1. The predicted molar refractivity (Wildman–Crippen MR) is 95.1 cm³/mol. The number of aromatic nitrogens is 2. The first-order chi connectivity index (χ1) is 13.0. The molecule has 2 N–H and O–H groups in total. The maximum atomic E-state index is 13.6. The van der Waals surface area contributed by atoms with Gasteiger partial charge in [0.25, 0.3) is 0 Å². The second-order valence-electron chi connectivity index (χ2n) is 5.76. The number of halogens is 2. The van der Waals surface area contributed by atoms with Crippen LogP contribution in [0.25, 0.3) is 0 Å². The maximum Gasteiger partial charge on any atom is 0.243 e. The van der Waals surface area contributed by atoms with Crippen LogP contribution < -0.4 is 14.9 Å². The summed E-state index contributed by atoms with van der Waals surface area (Å²) in [6.45, 7) is 2.96. The summed E-state index contributed by atoms with van der Waals surface area (Å²) in [6, 6.07) is 4.07. The number of nitrogens with one attached hydrogen (secondary N) is 2. The number of nitrogens with zero attached hydrogens (tertiary/aromatic N) is 3. The van der Waals surface area contributed by atoms with E-state index >= 15 is 0 Å². The van der Waals surface area contributed by atoms with E-state index in [9.17, 15) is 17.2 Å². The lowest BCUT2D eigenvalue weighted by molar-refractivity contribution is 0.122. The van der Waals surface area contributed by atoms with Crippen LogP contribution in [0.3, 0.4) is 0 Å². The summed E-state index contributed by atoms with van der Waals surface area (Å²) in [6.07, 6.45) is 1.42. The molecule has 0 unspecified atom stereocenters. The van der Waals surface area contributed by atoms with Gasteiger partial charge in [-0.05, 0) is 12.1 Å². The third-order valence-corrected chi connectivity index (χ3v) is 5.39. The standard InChI is InChI=1S/C16H19F2N5O3S/c17-12-1-2-14(13(18)9-12)27(24,25)22-4-3-19-15-10-16(21-11-20-15)23-5-7-26-8-6-23/h1-2,9-11,22H,3-8H2,(H,19,20,21). The summed E-state index contributed by atoms with van der Waals surface area (Å²) < 4.78 is 58.3. The first-order valence-electron chi connectivity index (χ1n) is 8.29. The number of benzene rings is 1. The Balaban J connectivity index is 1.54. The van der Waals surface area contributed by atoms with Gasteiger partial charge in [0.15, 0.2) is 0 Å². The summed E-state index contributed by atoms with van der Waals surface area (Å²) in [5.41, 5.74) is 0. The molecule has 3 rings (SSSR count). The van der Waals surface area contributed by atoms with E-state index in [1.807, 2.05) is 0 Å². The molecule has 1 saturated heterocycles. The Morgan fingerprint density at radius 3 is 2.63 bits per heavy atom. The van der Waals surface area contributed by atoms with Crippen molar-refractivity contribution < 1.29 is 21.9 Å². The molecule has 0 bridgehead atoms. The highest BCUT2D eigenvalue weighted by atomic mass is 32.2. The van der Waals surface area contributed by atoms with Crippen molar-refractivity contribution in [3.63, 3.8) is 0 Å². The van der Waals surface area contributed by atoms with E-state index in [4.69, 9.17) is 4.74 Å². The highest BCUT2D eigenvalue weighted by molar-refractivity contribution is 7.89. The van der Waals surface area contributed by atoms with Crippen LogP contribution in [0, 0.1) is 11.6 Å². The van der Waals surface area contributed by atoms with Crippen LogP contribution in [-0.4, -0.2) is 57.8 Å². The Bertz CT molecular complexity index is 891. The topological polar surface area (TPSA) is 96.5 Å². The van der Waals surface area contributed by atoms with Gasteiger partial charge in [0.05, 0.1) is 13.2 Å². The molecular formula is C16H19F2N5O3S. The normalized spacial score (nSPS) is 15.0. The third kappa shape index (κ3) is 5.08. The second-order valence-corrected chi connectivity index (χ2v) is 7.50. The van der Waals surface area contributed by atoms with Crippen molar-refractivity contribution in [1.82, 2.24) is 14.7 Å². The zero-order valence-electron chi connectivity index (χ0n) is 14.4. The van der Waals surface area contributed by atoms with Crippen molar-refractivity contribution in [3.8, 4) is 0 Å². The molecule has 0 spiro atoms. The average Bonchev–Trinajstić information content (AvgIpc) is 2.66. The minimum atomic E-state index is -4.07. The molecule has 146 valence electrons. The first-order valence-corrected chi connectivity index (χ1v) is 9.77. The lowest BCUT2D eigenvalue weighted by atomic mass is 10.3. The Morgan fingerprint density at radius 2 is 1.89 bits per heavy atom. The van der Waals surface area contributed by atoms with Gasteiger partial charge in [0.2, 0.25) is 10.0 Å². The minimum Gasteiger partial charge on any atom is -0.378 e. The molecular weight excluding hydrogens is 380 g/mol. The van der Waals surface area contributed by atoms with Gasteiger partial charge in [-0.2, -0.15) is 0 Å². The quantitative estimate of drug-likeness (QED) is 0.670. The fourth-order valence-electron chi connectivity index (χ4n) is 2.56. The Kier molecular flexibility index (Phi) is 6.14. The highest BCUT2D eigenvalue weighted by Gasteiger charge is 2.19. The summed E-state index contributed by atoms with van der Waals surface area (Å²) in [5, 5.41) is 2.98. The average molecular weight is 399 g/mol. The molecule has 27 heavy (non-hydrogen) atoms. The van der Waals surface area contributed by atoms with Gasteiger partial charge < -0.3 is 15.0 Å².